The zero-order valence-corrected chi connectivity index (χ0v) is 15.2. The summed E-state index contributed by atoms with van der Waals surface area (Å²) in [6.45, 7) is 3.23. The first-order chi connectivity index (χ1) is 12.6. The summed E-state index contributed by atoms with van der Waals surface area (Å²) in [5.41, 5.74) is 2.22. The number of likely N-dealkylation sites (tertiary alicyclic amines) is 1. The van der Waals surface area contributed by atoms with Crippen LogP contribution in [-0.4, -0.2) is 29.3 Å². The van der Waals surface area contributed by atoms with Gasteiger partial charge in [0.15, 0.2) is 0 Å². The average Bonchev–Trinajstić information content (AvgIpc) is 3.17. The van der Waals surface area contributed by atoms with E-state index in [-0.39, 0.29) is 23.8 Å². The fourth-order valence-corrected chi connectivity index (χ4v) is 3.52. The van der Waals surface area contributed by atoms with Gasteiger partial charge in [-0.25, -0.2) is 0 Å². The number of rotatable bonds is 6. The monoisotopic (exact) mass is 350 g/mol. The SMILES string of the molecule is CC(CC(=O)N1CCCC1C(=O)NCc1ccccc1)c1ccccc1. The summed E-state index contributed by atoms with van der Waals surface area (Å²) in [4.78, 5) is 27.1. The Hall–Kier alpha value is -2.62. The van der Waals surface area contributed by atoms with Gasteiger partial charge in [-0.15, -0.1) is 0 Å². The van der Waals surface area contributed by atoms with Crippen LogP contribution in [0.15, 0.2) is 60.7 Å². The first kappa shape index (κ1) is 18.2. The summed E-state index contributed by atoms with van der Waals surface area (Å²) in [7, 11) is 0. The first-order valence-corrected chi connectivity index (χ1v) is 9.31. The van der Waals surface area contributed by atoms with Gasteiger partial charge >= 0.3 is 0 Å². The molecule has 26 heavy (non-hydrogen) atoms. The van der Waals surface area contributed by atoms with Crippen LogP contribution in [-0.2, 0) is 16.1 Å². The fourth-order valence-electron chi connectivity index (χ4n) is 3.52. The quantitative estimate of drug-likeness (QED) is 0.867. The summed E-state index contributed by atoms with van der Waals surface area (Å²) in [5, 5.41) is 2.98. The van der Waals surface area contributed by atoms with E-state index in [1.165, 1.54) is 0 Å². The van der Waals surface area contributed by atoms with Crippen LogP contribution in [0.3, 0.4) is 0 Å². The van der Waals surface area contributed by atoms with Crippen molar-refractivity contribution in [1.29, 1.82) is 0 Å². The van der Waals surface area contributed by atoms with Crippen molar-refractivity contribution in [1.82, 2.24) is 10.2 Å². The molecule has 1 heterocycles. The van der Waals surface area contributed by atoms with Crippen molar-refractivity contribution in [2.45, 2.75) is 44.7 Å². The number of hydrogen-bond acceptors (Lipinski definition) is 2. The molecule has 0 aliphatic carbocycles. The molecule has 0 spiro atoms. The maximum atomic E-state index is 12.8. The van der Waals surface area contributed by atoms with Crippen molar-refractivity contribution in [3.05, 3.63) is 71.8 Å². The van der Waals surface area contributed by atoms with E-state index in [1.807, 2.05) is 60.7 Å². The Balaban J connectivity index is 1.56. The fraction of sp³-hybridized carbons (Fsp3) is 0.364. The van der Waals surface area contributed by atoms with Gasteiger partial charge in [0, 0.05) is 19.5 Å². The molecule has 2 amide bonds. The van der Waals surface area contributed by atoms with E-state index < -0.39 is 0 Å². The second-order valence-electron chi connectivity index (χ2n) is 6.96. The predicted octanol–water partition coefficient (Wildman–Crippen LogP) is 3.49. The van der Waals surface area contributed by atoms with Crippen LogP contribution < -0.4 is 5.32 Å². The zero-order chi connectivity index (χ0) is 18.4. The summed E-state index contributed by atoms with van der Waals surface area (Å²) >= 11 is 0. The van der Waals surface area contributed by atoms with Crippen LogP contribution in [0, 0.1) is 0 Å². The molecular formula is C22H26N2O2. The van der Waals surface area contributed by atoms with E-state index >= 15 is 0 Å². The Morgan fingerprint density at radius 1 is 1.08 bits per heavy atom. The smallest absolute Gasteiger partial charge is 0.243 e. The molecule has 0 radical (unpaired) electrons. The van der Waals surface area contributed by atoms with Crippen LogP contribution in [0.1, 0.15) is 43.2 Å². The summed E-state index contributed by atoms with van der Waals surface area (Å²) in [6, 6.07) is 19.6. The van der Waals surface area contributed by atoms with Gasteiger partial charge in [0.05, 0.1) is 0 Å². The van der Waals surface area contributed by atoms with Gasteiger partial charge in [0.2, 0.25) is 11.8 Å². The molecule has 4 nitrogen and oxygen atoms in total. The number of benzene rings is 2. The highest BCUT2D eigenvalue weighted by molar-refractivity contribution is 5.88. The molecule has 136 valence electrons. The topological polar surface area (TPSA) is 49.4 Å². The van der Waals surface area contributed by atoms with Crippen molar-refractivity contribution in [3.63, 3.8) is 0 Å². The van der Waals surface area contributed by atoms with Gasteiger partial charge in [-0.1, -0.05) is 67.6 Å². The third-order valence-corrected chi connectivity index (χ3v) is 5.03. The van der Waals surface area contributed by atoms with Crippen molar-refractivity contribution in [2.24, 2.45) is 0 Å². The van der Waals surface area contributed by atoms with Crippen molar-refractivity contribution < 1.29 is 9.59 Å². The Bertz CT molecular complexity index is 730. The number of amides is 2. The highest BCUT2D eigenvalue weighted by Crippen LogP contribution is 2.24. The van der Waals surface area contributed by atoms with Crippen molar-refractivity contribution in [2.75, 3.05) is 6.54 Å². The number of nitrogens with zero attached hydrogens (tertiary/aromatic N) is 1. The van der Waals surface area contributed by atoms with E-state index in [1.54, 1.807) is 4.90 Å². The van der Waals surface area contributed by atoms with Gasteiger partial charge in [-0.05, 0) is 29.9 Å². The molecule has 4 heteroatoms. The number of carbonyl (C=O) groups excluding carboxylic acids is 2. The maximum Gasteiger partial charge on any atom is 0.243 e. The van der Waals surface area contributed by atoms with Crippen LogP contribution in [0.4, 0.5) is 0 Å². The van der Waals surface area contributed by atoms with Gasteiger partial charge < -0.3 is 10.2 Å². The minimum atomic E-state index is -0.339. The van der Waals surface area contributed by atoms with E-state index in [4.69, 9.17) is 0 Å². The van der Waals surface area contributed by atoms with E-state index in [0.717, 1.165) is 24.0 Å². The second-order valence-corrected chi connectivity index (χ2v) is 6.96. The molecule has 0 saturated carbocycles. The molecule has 1 N–H and O–H groups in total. The lowest BCUT2D eigenvalue weighted by atomic mass is 9.97. The van der Waals surface area contributed by atoms with E-state index in [2.05, 4.69) is 12.2 Å². The maximum absolute atomic E-state index is 12.8. The van der Waals surface area contributed by atoms with E-state index in [9.17, 15) is 9.59 Å². The van der Waals surface area contributed by atoms with Crippen LogP contribution in [0.2, 0.25) is 0 Å². The lowest BCUT2D eigenvalue weighted by molar-refractivity contribution is -0.138. The van der Waals surface area contributed by atoms with Gasteiger partial charge in [-0.3, -0.25) is 9.59 Å². The largest absolute Gasteiger partial charge is 0.350 e. The van der Waals surface area contributed by atoms with Gasteiger partial charge in [0.1, 0.15) is 6.04 Å². The third kappa shape index (κ3) is 4.51. The van der Waals surface area contributed by atoms with E-state index in [0.29, 0.717) is 19.5 Å². The predicted molar refractivity (Wildman–Crippen MR) is 102 cm³/mol. The minimum Gasteiger partial charge on any atom is -0.350 e. The molecule has 0 bridgehead atoms. The van der Waals surface area contributed by atoms with Crippen molar-refractivity contribution in [3.8, 4) is 0 Å². The molecule has 2 atom stereocenters. The zero-order valence-electron chi connectivity index (χ0n) is 15.2. The molecule has 2 aromatic carbocycles. The molecular weight excluding hydrogens is 324 g/mol. The number of nitrogens with one attached hydrogen (secondary N) is 1. The normalized spacial score (nSPS) is 17.7. The molecule has 3 rings (SSSR count). The highest BCUT2D eigenvalue weighted by atomic mass is 16.2. The molecule has 2 aromatic rings. The summed E-state index contributed by atoms with van der Waals surface area (Å²) < 4.78 is 0. The Morgan fingerprint density at radius 2 is 1.73 bits per heavy atom. The third-order valence-electron chi connectivity index (χ3n) is 5.03. The molecule has 1 aliphatic heterocycles. The highest BCUT2D eigenvalue weighted by Gasteiger charge is 2.34. The molecule has 0 aromatic heterocycles. The Kier molecular flexibility index (Phi) is 6.05. The molecule has 1 aliphatic rings. The number of hydrogen-bond donors (Lipinski definition) is 1. The average molecular weight is 350 g/mol. The standard InChI is InChI=1S/C22H26N2O2/c1-17(19-11-6-3-7-12-19)15-21(25)24-14-8-13-20(24)22(26)23-16-18-9-4-2-5-10-18/h2-7,9-12,17,20H,8,13-16H2,1H3,(H,23,26). The van der Waals surface area contributed by atoms with Crippen molar-refractivity contribution >= 4 is 11.8 Å². The lowest BCUT2D eigenvalue weighted by Gasteiger charge is -2.25. The lowest BCUT2D eigenvalue weighted by Crippen LogP contribution is -2.46. The molecule has 1 fully saturated rings. The summed E-state index contributed by atoms with van der Waals surface area (Å²) in [6.07, 6.45) is 2.06. The summed E-state index contributed by atoms with van der Waals surface area (Å²) in [5.74, 6) is 0.170. The van der Waals surface area contributed by atoms with Crippen LogP contribution in [0.5, 0.6) is 0 Å². The van der Waals surface area contributed by atoms with Gasteiger partial charge in [0.25, 0.3) is 0 Å². The molecule has 2 unspecified atom stereocenters. The minimum absolute atomic E-state index is 0.0490. The second kappa shape index (κ2) is 8.65. The van der Waals surface area contributed by atoms with Crippen LogP contribution >= 0.6 is 0 Å². The Morgan fingerprint density at radius 3 is 2.42 bits per heavy atom. The van der Waals surface area contributed by atoms with Crippen LogP contribution in [0.25, 0.3) is 0 Å². The molecule has 1 saturated heterocycles. The number of carbonyl (C=O) groups is 2. The van der Waals surface area contributed by atoms with Gasteiger partial charge in [-0.2, -0.15) is 0 Å². The Labute approximate surface area is 155 Å². The first-order valence-electron chi connectivity index (χ1n) is 9.31.